The third-order valence-electron chi connectivity index (χ3n) is 2.92. The van der Waals surface area contributed by atoms with E-state index < -0.39 is 5.97 Å². The van der Waals surface area contributed by atoms with Gasteiger partial charge in [0.1, 0.15) is 11.8 Å². The van der Waals surface area contributed by atoms with Crippen molar-refractivity contribution in [2.24, 2.45) is 5.92 Å². The molecule has 7 heteroatoms. The number of fused-ring (bicyclic) bond motifs is 1. The minimum Gasteiger partial charge on any atom is -0.481 e. The van der Waals surface area contributed by atoms with Crippen LogP contribution in [0.1, 0.15) is 6.42 Å². The third kappa shape index (κ3) is 1.69. The van der Waals surface area contributed by atoms with Crippen molar-refractivity contribution in [1.29, 1.82) is 0 Å². The van der Waals surface area contributed by atoms with Crippen molar-refractivity contribution in [1.82, 2.24) is 19.9 Å². The molecule has 0 atom stereocenters. The van der Waals surface area contributed by atoms with Crippen molar-refractivity contribution in [2.45, 2.75) is 6.42 Å². The maximum Gasteiger partial charge on any atom is 0.303 e. The molecule has 0 unspecified atom stereocenters. The van der Waals surface area contributed by atoms with Crippen LogP contribution in [-0.4, -0.2) is 44.1 Å². The molecule has 2 aromatic heterocycles. The molecular weight excluding hydrogens is 222 g/mol. The lowest BCUT2D eigenvalue weighted by atomic mass is 9.96. The van der Waals surface area contributed by atoms with E-state index in [1.807, 2.05) is 4.90 Å². The average Bonchev–Trinajstić information content (AvgIpc) is 2.70. The predicted molar refractivity (Wildman–Crippen MR) is 59.6 cm³/mol. The van der Waals surface area contributed by atoms with Crippen LogP contribution in [0.25, 0.3) is 11.2 Å². The zero-order valence-corrected chi connectivity index (χ0v) is 9.00. The maximum absolute atomic E-state index is 10.6. The Kier molecular flexibility index (Phi) is 2.17. The largest absolute Gasteiger partial charge is 0.481 e. The summed E-state index contributed by atoms with van der Waals surface area (Å²) in [5.41, 5.74) is 1.44. The fraction of sp³-hybridized carbons (Fsp3) is 0.400. The Morgan fingerprint density at radius 3 is 3.06 bits per heavy atom. The summed E-state index contributed by atoms with van der Waals surface area (Å²) in [5.74, 6) is 0.263. The maximum atomic E-state index is 10.6. The van der Waals surface area contributed by atoms with Gasteiger partial charge < -0.3 is 15.0 Å². The second-order valence-corrected chi connectivity index (χ2v) is 4.17. The summed E-state index contributed by atoms with van der Waals surface area (Å²) in [4.78, 5) is 27.9. The smallest absolute Gasteiger partial charge is 0.303 e. The fourth-order valence-corrected chi connectivity index (χ4v) is 2.11. The molecule has 88 valence electrons. The molecule has 17 heavy (non-hydrogen) atoms. The SMILES string of the molecule is O=C(O)CC1CN(c2ncnc3nc[nH]c23)C1. The van der Waals surface area contributed by atoms with Gasteiger partial charge >= 0.3 is 5.97 Å². The molecule has 0 spiro atoms. The summed E-state index contributed by atoms with van der Waals surface area (Å²) in [6.45, 7) is 1.44. The van der Waals surface area contributed by atoms with E-state index in [9.17, 15) is 4.79 Å². The lowest BCUT2D eigenvalue weighted by Crippen LogP contribution is -2.48. The van der Waals surface area contributed by atoms with Gasteiger partial charge in [-0.3, -0.25) is 4.79 Å². The van der Waals surface area contributed by atoms with E-state index in [1.54, 1.807) is 6.33 Å². The number of aromatic nitrogens is 4. The number of aliphatic carboxylic acids is 1. The van der Waals surface area contributed by atoms with E-state index in [4.69, 9.17) is 5.11 Å². The van der Waals surface area contributed by atoms with Crippen LogP contribution in [0.3, 0.4) is 0 Å². The Balaban J connectivity index is 1.78. The van der Waals surface area contributed by atoms with Gasteiger partial charge in [0.05, 0.1) is 12.7 Å². The Morgan fingerprint density at radius 1 is 1.47 bits per heavy atom. The van der Waals surface area contributed by atoms with Gasteiger partial charge in [-0.25, -0.2) is 15.0 Å². The first-order valence-electron chi connectivity index (χ1n) is 5.35. The van der Waals surface area contributed by atoms with Crippen LogP contribution in [0.15, 0.2) is 12.7 Å². The molecule has 0 radical (unpaired) electrons. The molecule has 0 aromatic carbocycles. The van der Waals surface area contributed by atoms with Crippen LogP contribution in [0.5, 0.6) is 0 Å². The van der Waals surface area contributed by atoms with Crippen molar-refractivity contribution >= 4 is 23.0 Å². The summed E-state index contributed by atoms with van der Waals surface area (Å²) in [6, 6.07) is 0. The van der Waals surface area contributed by atoms with Gasteiger partial charge in [-0.15, -0.1) is 0 Å². The van der Waals surface area contributed by atoms with Crippen LogP contribution >= 0.6 is 0 Å². The van der Waals surface area contributed by atoms with Gasteiger partial charge in [-0.05, 0) is 0 Å². The molecular formula is C10H11N5O2. The van der Waals surface area contributed by atoms with Crippen molar-refractivity contribution in [3.8, 4) is 0 Å². The van der Waals surface area contributed by atoms with Crippen molar-refractivity contribution in [3.05, 3.63) is 12.7 Å². The molecule has 1 aliphatic heterocycles. The number of H-pyrrole nitrogens is 1. The van der Waals surface area contributed by atoms with E-state index in [0.717, 1.165) is 24.4 Å². The molecule has 0 bridgehead atoms. The summed E-state index contributed by atoms with van der Waals surface area (Å²) in [5, 5.41) is 8.68. The van der Waals surface area contributed by atoms with E-state index in [2.05, 4.69) is 19.9 Å². The quantitative estimate of drug-likeness (QED) is 0.789. The summed E-state index contributed by atoms with van der Waals surface area (Å²) in [7, 11) is 0. The van der Waals surface area contributed by atoms with Gasteiger partial charge in [0.25, 0.3) is 0 Å². The number of nitrogens with zero attached hydrogens (tertiary/aromatic N) is 4. The number of aromatic amines is 1. The number of hydrogen-bond donors (Lipinski definition) is 2. The zero-order valence-electron chi connectivity index (χ0n) is 9.00. The highest BCUT2D eigenvalue weighted by Crippen LogP contribution is 2.28. The van der Waals surface area contributed by atoms with Gasteiger partial charge in [0, 0.05) is 19.0 Å². The monoisotopic (exact) mass is 233 g/mol. The van der Waals surface area contributed by atoms with Crippen molar-refractivity contribution in [2.75, 3.05) is 18.0 Å². The highest BCUT2D eigenvalue weighted by Gasteiger charge is 2.30. The molecule has 1 saturated heterocycles. The average molecular weight is 233 g/mol. The van der Waals surface area contributed by atoms with Crippen molar-refractivity contribution in [3.63, 3.8) is 0 Å². The van der Waals surface area contributed by atoms with E-state index in [0.29, 0.717) is 5.65 Å². The lowest BCUT2D eigenvalue weighted by Gasteiger charge is -2.39. The second-order valence-electron chi connectivity index (χ2n) is 4.17. The van der Waals surface area contributed by atoms with E-state index >= 15 is 0 Å². The van der Waals surface area contributed by atoms with Crippen LogP contribution in [0, 0.1) is 5.92 Å². The van der Waals surface area contributed by atoms with Crippen molar-refractivity contribution < 1.29 is 9.90 Å². The fourth-order valence-electron chi connectivity index (χ4n) is 2.11. The molecule has 0 aliphatic carbocycles. The highest BCUT2D eigenvalue weighted by atomic mass is 16.4. The minimum absolute atomic E-state index is 0.209. The van der Waals surface area contributed by atoms with Gasteiger partial charge in [0.2, 0.25) is 0 Å². The topological polar surface area (TPSA) is 95.0 Å². The van der Waals surface area contributed by atoms with Gasteiger partial charge in [0.15, 0.2) is 11.5 Å². The first kappa shape index (κ1) is 10.0. The standard InChI is InChI=1S/C10H11N5O2/c16-7(17)1-6-2-15(3-6)10-8-9(12-4-11-8)13-5-14-10/h4-6H,1-3H2,(H,16,17)(H,11,12,13,14). The van der Waals surface area contributed by atoms with Crippen LogP contribution in [-0.2, 0) is 4.79 Å². The molecule has 7 nitrogen and oxygen atoms in total. The van der Waals surface area contributed by atoms with Gasteiger partial charge in [-0.1, -0.05) is 0 Å². The molecule has 3 heterocycles. The number of anilines is 1. The number of imidazole rings is 1. The molecule has 2 N–H and O–H groups in total. The minimum atomic E-state index is -0.746. The Hall–Kier alpha value is -2.18. The number of carboxylic acids is 1. The first-order valence-corrected chi connectivity index (χ1v) is 5.35. The number of carbonyl (C=O) groups is 1. The van der Waals surface area contributed by atoms with Crippen LogP contribution < -0.4 is 4.90 Å². The van der Waals surface area contributed by atoms with Crippen LogP contribution in [0.2, 0.25) is 0 Å². The summed E-state index contributed by atoms with van der Waals surface area (Å²) in [6.07, 6.45) is 3.27. The molecule has 0 saturated carbocycles. The molecule has 0 amide bonds. The number of nitrogens with one attached hydrogen (secondary N) is 1. The summed E-state index contributed by atoms with van der Waals surface area (Å²) < 4.78 is 0. The van der Waals surface area contributed by atoms with E-state index in [-0.39, 0.29) is 12.3 Å². The number of rotatable bonds is 3. The second kappa shape index (κ2) is 3.69. The Bertz CT molecular complexity index is 561. The summed E-state index contributed by atoms with van der Waals surface area (Å²) >= 11 is 0. The lowest BCUT2D eigenvalue weighted by molar-refractivity contribution is -0.138. The highest BCUT2D eigenvalue weighted by molar-refractivity contribution is 5.83. The zero-order chi connectivity index (χ0) is 11.8. The Labute approximate surface area is 96.5 Å². The molecule has 1 aliphatic rings. The molecule has 2 aromatic rings. The number of carboxylic acid groups (broad SMARTS) is 1. The Morgan fingerprint density at radius 2 is 2.29 bits per heavy atom. The predicted octanol–water partition coefficient (Wildman–Crippen LogP) is 0.264. The first-order chi connectivity index (χ1) is 8.24. The van der Waals surface area contributed by atoms with E-state index in [1.165, 1.54) is 6.33 Å². The molecule has 3 rings (SSSR count). The number of hydrogen-bond acceptors (Lipinski definition) is 5. The van der Waals surface area contributed by atoms with Gasteiger partial charge in [-0.2, -0.15) is 0 Å². The van der Waals surface area contributed by atoms with Crippen LogP contribution in [0.4, 0.5) is 5.82 Å². The third-order valence-corrected chi connectivity index (χ3v) is 2.92. The molecule has 1 fully saturated rings. The normalized spacial score (nSPS) is 16.1.